The van der Waals surface area contributed by atoms with Crippen molar-refractivity contribution in [1.29, 1.82) is 0 Å². The third-order valence-electron chi connectivity index (χ3n) is 11.7. The molecule has 0 amide bonds. The summed E-state index contributed by atoms with van der Waals surface area (Å²) < 4.78 is 12.8. The molecule has 2 aromatic heterocycles. The van der Waals surface area contributed by atoms with Gasteiger partial charge in [0, 0.05) is 16.2 Å². The molecule has 0 aliphatic carbocycles. The predicted molar refractivity (Wildman–Crippen MR) is 235 cm³/mol. The Labute approximate surface area is 322 Å². The van der Waals surface area contributed by atoms with Gasteiger partial charge in [-0.2, -0.15) is 0 Å². The second-order valence-electron chi connectivity index (χ2n) is 14.8. The topological polar surface area (TPSA) is 26.3 Å². The maximum atomic E-state index is 6.62. The van der Waals surface area contributed by atoms with Crippen LogP contribution in [-0.4, -0.2) is 0 Å². The lowest BCUT2D eigenvalue weighted by atomic mass is 9.85. The maximum absolute atomic E-state index is 6.62. The number of benzene rings is 10. The lowest BCUT2D eigenvalue weighted by molar-refractivity contribution is 0.663. The fraction of sp³-hybridized carbons (Fsp3) is 0. The van der Waals surface area contributed by atoms with Crippen LogP contribution in [0.5, 0.6) is 0 Å². The molecule has 12 rings (SSSR count). The van der Waals surface area contributed by atoms with Crippen molar-refractivity contribution in [3.05, 3.63) is 194 Å². The van der Waals surface area contributed by atoms with Gasteiger partial charge in [-0.15, -0.1) is 0 Å². The second kappa shape index (κ2) is 12.0. The monoisotopic (exact) mass is 712 g/mol. The first-order chi connectivity index (χ1) is 27.7. The number of rotatable bonds is 4. The van der Waals surface area contributed by atoms with E-state index in [0.717, 1.165) is 49.3 Å². The van der Waals surface area contributed by atoms with Crippen molar-refractivity contribution in [3.8, 4) is 44.5 Å². The molecule has 2 nitrogen and oxygen atoms in total. The Hall–Kier alpha value is -7.42. The Morgan fingerprint density at radius 3 is 1.41 bits per heavy atom. The number of para-hydroxylation sites is 1. The summed E-state index contributed by atoms with van der Waals surface area (Å²) in [6, 6.07) is 70.0. The molecule has 0 N–H and O–H groups in total. The number of hydrogen-bond acceptors (Lipinski definition) is 2. The molecule has 0 radical (unpaired) electrons. The van der Waals surface area contributed by atoms with Crippen LogP contribution in [0.25, 0.3) is 121 Å². The van der Waals surface area contributed by atoms with Crippen molar-refractivity contribution in [3.63, 3.8) is 0 Å². The zero-order valence-electron chi connectivity index (χ0n) is 30.3. The molecule has 10 aromatic carbocycles. The van der Waals surface area contributed by atoms with Gasteiger partial charge in [0.15, 0.2) is 0 Å². The zero-order valence-corrected chi connectivity index (χ0v) is 30.3. The average molecular weight is 713 g/mol. The fourth-order valence-corrected chi connectivity index (χ4v) is 9.00. The van der Waals surface area contributed by atoms with Crippen LogP contribution in [0.3, 0.4) is 0 Å². The van der Waals surface area contributed by atoms with Gasteiger partial charge in [-0.25, -0.2) is 0 Å². The Morgan fingerprint density at radius 2 is 0.768 bits per heavy atom. The van der Waals surface area contributed by atoms with E-state index in [4.69, 9.17) is 8.83 Å². The van der Waals surface area contributed by atoms with Crippen LogP contribution in [0.15, 0.2) is 203 Å². The first kappa shape index (κ1) is 31.0. The van der Waals surface area contributed by atoms with Crippen LogP contribution in [0.4, 0.5) is 0 Å². The molecule has 0 unspecified atom stereocenters. The quantitative estimate of drug-likeness (QED) is 0.170. The number of hydrogen-bond donors (Lipinski definition) is 0. The molecule has 0 saturated carbocycles. The second-order valence-corrected chi connectivity index (χ2v) is 14.8. The Balaban J connectivity index is 0.950. The third-order valence-corrected chi connectivity index (χ3v) is 11.7. The Morgan fingerprint density at radius 1 is 0.250 bits per heavy atom. The number of furan rings is 2. The van der Waals surface area contributed by atoms with Gasteiger partial charge in [0.05, 0.1) is 5.39 Å². The van der Waals surface area contributed by atoms with E-state index in [9.17, 15) is 0 Å². The molecule has 0 aliphatic rings. The van der Waals surface area contributed by atoms with Gasteiger partial charge in [0.2, 0.25) is 0 Å². The van der Waals surface area contributed by atoms with Gasteiger partial charge >= 0.3 is 0 Å². The summed E-state index contributed by atoms with van der Waals surface area (Å²) in [5, 5.41) is 11.7. The van der Waals surface area contributed by atoms with Crippen LogP contribution >= 0.6 is 0 Å². The first-order valence-corrected chi connectivity index (χ1v) is 19.2. The normalized spacial score (nSPS) is 11.9. The molecule has 0 spiro atoms. The SMILES string of the molecule is c1ccc(-c2ccc(-c3c4ccccc4c(-c4ccc(-c5ccc6cc7c(cc6c5)oc5c7ccc6oc7ccccc7c65)cc4)c4ccccc34)cc2)cc1. The molecule has 0 saturated heterocycles. The molecular weight excluding hydrogens is 681 g/mol. The van der Waals surface area contributed by atoms with Crippen LogP contribution < -0.4 is 0 Å². The zero-order chi connectivity index (χ0) is 36.7. The Kier molecular flexibility index (Phi) is 6.66. The summed E-state index contributed by atoms with van der Waals surface area (Å²) in [7, 11) is 0. The molecular formula is C54H32O2. The van der Waals surface area contributed by atoms with Crippen LogP contribution in [0.1, 0.15) is 0 Å². The molecule has 56 heavy (non-hydrogen) atoms. The minimum Gasteiger partial charge on any atom is -0.456 e. The van der Waals surface area contributed by atoms with Gasteiger partial charge in [0.1, 0.15) is 22.3 Å². The van der Waals surface area contributed by atoms with E-state index in [-0.39, 0.29) is 0 Å². The van der Waals surface area contributed by atoms with E-state index in [0.29, 0.717) is 0 Å². The van der Waals surface area contributed by atoms with E-state index < -0.39 is 0 Å². The van der Waals surface area contributed by atoms with Crippen molar-refractivity contribution in [2.45, 2.75) is 0 Å². The molecule has 2 heterocycles. The summed E-state index contributed by atoms with van der Waals surface area (Å²) >= 11 is 0. The molecule has 0 aliphatic heterocycles. The van der Waals surface area contributed by atoms with Crippen molar-refractivity contribution >= 4 is 76.2 Å². The highest BCUT2D eigenvalue weighted by Crippen LogP contribution is 2.45. The summed E-state index contributed by atoms with van der Waals surface area (Å²) in [6.07, 6.45) is 0. The average Bonchev–Trinajstić information content (AvgIpc) is 3.83. The lowest BCUT2D eigenvalue weighted by Gasteiger charge is -2.18. The van der Waals surface area contributed by atoms with Crippen molar-refractivity contribution in [2.75, 3.05) is 0 Å². The van der Waals surface area contributed by atoms with Gasteiger partial charge in [-0.3, -0.25) is 0 Å². The van der Waals surface area contributed by atoms with Gasteiger partial charge in [0.25, 0.3) is 0 Å². The van der Waals surface area contributed by atoms with Gasteiger partial charge < -0.3 is 8.83 Å². The molecule has 260 valence electrons. The first-order valence-electron chi connectivity index (χ1n) is 19.2. The molecule has 2 heteroatoms. The standard InChI is InChI=1S/C54H32O2/c1-2-10-33(11-3-1)34-18-22-36(23-19-34)51-41-12-4-6-14-43(41)52(44-15-7-5-13-42(44)51)37-24-20-35(21-25-37)38-26-27-39-31-47-45-28-29-49-53(46-16-8-9-17-48(46)55-49)54(45)56-50(47)32-40(39)30-38/h1-32H. The summed E-state index contributed by atoms with van der Waals surface area (Å²) in [6.45, 7) is 0. The Bertz CT molecular complexity index is 3440. The summed E-state index contributed by atoms with van der Waals surface area (Å²) in [5.74, 6) is 0. The molecule has 12 aromatic rings. The van der Waals surface area contributed by atoms with Crippen LogP contribution in [0.2, 0.25) is 0 Å². The minimum absolute atomic E-state index is 0.846. The molecule has 0 bridgehead atoms. The highest BCUT2D eigenvalue weighted by Gasteiger charge is 2.18. The van der Waals surface area contributed by atoms with E-state index in [1.807, 2.05) is 18.2 Å². The van der Waals surface area contributed by atoms with Crippen LogP contribution in [-0.2, 0) is 0 Å². The highest BCUT2D eigenvalue weighted by atomic mass is 16.3. The van der Waals surface area contributed by atoms with E-state index in [1.54, 1.807) is 0 Å². The number of fused-ring (bicyclic) bond motifs is 10. The van der Waals surface area contributed by atoms with Gasteiger partial charge in [-0.05, 0) is 113 Å². The molecule has 0 fully saturated rings. The van der Waals surface area contributed by atoms with Gasteiger partial charge in [-0.1, -0.05) is 158 Å². The fourth-order valence-electron chi connectivity index (χ4n) is 9.00. The largest absolute Gasteiger partial charge is 0.456 e. The van der Waals surface area contributed by atoms with Crippen LogP contribution in [0, 0.1) is 0 Å². The smallest absolute Gasteiger partial charge is 0.147 e. The van der Waals surface area contributed by atoms with Crippen molar-refractivity contribution in [1.82, 2.24) is 0 Å². The maximum Gasteiger partial charge on any atom is 0.147 e. The van der Waals surface area contributed by atoms with E-state index >= 15 is 0 Å². The van der Waals surface area contributed by atoms with E-state index in [2.05, 4.69) is 176 Å². The summed E-state index contributed by atoms with van der Waals surface area (Å²) in [5.41, 5.74) is 13.2. The highest BCUT2D eigenvalue weighted by molar-refractivity contribution is 6.23. The van der Waals surface area contributed by atoms with E-state index in [1.165, 1.54) is 71.4 Å². The van der Waals surface area contributed by atoms with Crippen molar-refractivity contribution < 1.29 is 8.83 Å². The predicted octanol–water partition coefficient (Wildman–Crippen LogP) is 15.6. The third kappa shape index (κ3) is 4.69. The lowest BCUT2D eigenvalue weighted by Crippen LogP contribution is -1.91. The van der Waals surface area contributed by atoms with Crippen molar-refractivity contribution in [2.24, 2.45) is 0 Å². The minimum atomic E-state index is 0.846. The molecule has 0 atom stereocenters. The summed E-state index contributed by atoms with van der Waals surface area (Å²) in [4.78, 5) is 0.